The van der Waals surface area contributed by atoms with Gasteiger partial charge in [-0.1, -0.05) is 23.2 Å². The molecule has 0 heterocycles. The van der Waals surface area contributed by atoms with Crippen LogP contribution in [0.2, 0.25) is 0 Å². The van der Waals surface area contributed by atoms with Crippen molar-refractivity contribution in [3.8, 4) is 6.19 Å². The van der Waals surface area contributed by atoms with Crippen molar-refractivity contribution in [2.75, 3.05) is 0 Å². The minimum atomic E-state index is 0.124. The molecule has 1 aliphatic carbocycles. The highest BCUT2D eigenvalue weighted by atomic mass is 35.5. The molecule has 5 heteroatoms. The standard InChI is InChI=1S/C7H3Cl2N3/c8-4-2-7(12-3-10)5(9)1-6(4)11/h1-2,11H. The first-order chi connectivity index (χ1) is 5.65. The molecule has 12 heavy (non-hydrogen) atoms. The van der Waals surface area contributed by atoms with Crippen LogP contribution in [-0.4, -0.2) is 11.4 Å². The van der Waals surface area contributed by atoms with Gasteiger partial charge >= 0.3 is 0 Å². The van der Waals surface area contributed by atoms with Crippen molar-refractivity contribution in [1.82, 2.24) is 0 Å². The summed E-state index contributed by atoms with van der Waals surface area (Å²) in [6.45, 7) is 0. The highest BCUT2D eigenvalue weighted by Crippen LogP contribution is 2.18. The average Bonchev–Trinajstić information content (AvgIpc) is 2.01. The van der Waals surface area contributed by atoms with Gasteiger partial charge < -0.3 is 0 Å². The topological polar surface area (TPSA) is 60.0 Å². The van der Waals surface area contributed by atoms with Gasteiger partial charge in [0.05, 0.1) is 21.5 Å². The van der Waals surface area contributed by atoms with Crippen molar-refractivity contribution in [3.63, 3.8) is 0 Å². The number of aliphatic imine (C=N–C) groups is 1. The molecule has 0 unspecified atom stereocenters. The highest BCUT2D eigenvalue weighted by molar-refractivity contribution is 6.55. The minimum Gasteiger partial charge on any atom is -0.299 e. The van der Waals surface area contributed by atoms with Gasteiger partial charge in [0.25, 0.3) is 0 Å². The molecular weight excluding hydrogens is 197 g/mol. The summed E-state index contributed by atoms with van der Waals surface area (Å²) in [6.07, 6.45) is 4.32. The molecular formula is C7H3Cl2N3. The van der Waals surface area contributed by atoms with Gasteiger partial charge in [-0.05, 0) is 12.2 Å². The zero-order valence-corrected chi connectivity index (χ0v) is 7.32. The Morgan fingerprint density at radius 3 is 2.58 bits per heavy atom. The molecule has 0 aliphatic heterocycles. The zero-order chi connectivity index (χ0) is 9.14. The van der Waals surface area contributed by atoms with Crippen LogP contribution in [-0.2, 0) is 0 Å². The Morgan fingerprint density at radius 1 is 1.33 bits per heavy atom. The van der Waals surface area contributed by atoms with Gasteiger partial charge in [0.15, 0.2) is 0 Å². The molecule has 1 N–H and O–H groups in total. The van der Waals surface area contributed by atoms with Gasteiger partial charge in [0.1, 0.15) is 0 Å². The van der Waals surface area contributed by atoms with Crippen LogP contribution in [0.4, 0.5) is 0 Å². The number of nitrogens with one attached hydrogen (secondary N) is 1. The summed E-state index contributed by atoms with van der Waals surface area (Å²) in [7, 11) is 0. The Balaban J connectivity index is 3.11. The quantitative estimate of drug-likeness (QED) is 0.472. The Labute approximate surface area is 79.1 Å². The van der Waals surface area contributed by atoms with Crippen LogP contribution in [0.15, 0.2) is 27.2 Å². The molecule has 0 aromatic carbocycles. The molecule has 0 bridgehead atoms. The normalized spacial score (nSPS) is 20.1. The van der Waals surface area contributed by atoms with Crippen molar-refractivity contribution in [2.45, 2.75) is 0 Å². The van der Waals surface area contributed by atoms with Crippen molar-refractivity contribution in [3.05, 3.63) is 22.2 Å². The summed E-state index contributed by atoms with van der Waals surface area (Å²) in [5.41, 5.74) is 0.415. The van der Waals surface area contributed by atoms with E-state index in [0.717, 1.165) is 0 Å². The van der Waals surface area contributed by atoms with Crippen LogP contribution in [0.1, 0.15) is 0 Å². The van der Waals surface area contributed by atoms with E-state index in [1.54, 1.807) is 6.19 Å². The molecule has 3 nitrogen and oxygen atoms in total. The largest absolute Gasteiger partial charge is 0.299 e. The molecule has 1 aliphatic rings. The van der Waals surface area contributed by atoms with Crippen LogP contribution < -0.4 is 0 Å². The number of nitrogens with zero attached hydrogens (tertiary/aromatic N) is 2. The van der Waals surface area contributed by atoms with Gasteiger partial charge in [0, 0.05) is 0 Å². The first kappa shape index (κ1) is 8.98. The third-order valence-corrected chi connectivity index (χ3v) is 1.82. The summed E-state index contributed by atoms with van der Waals surface area (Å²) in [5, 5.41) is 16.0. The lowest BCUT2D eigenvalue weighted by Gasteiger charge is -2.05. The maximum absolute atomic E-state index is 8.24. The van der Waals surface area contributed by atoms with E-state index in [-0.39, 0.29) is 15.8 Å². The molecule has 60 valence electrons. The number of rotatable bonds is 0. The van der Waals surface area contributed by atoms with E-state index in [0.29, 0.717) is 5.71 Å². The van der Waals surface area contributed by atoms with Crippen molar-refractivity contribution in [2.24, 2.45) is 4.99 Å². The van der Waals surface area contributed by atoms with E-state index < -0.39 is 0 Å². The number of hydrogen-bond donors (Lipinski definition) is 1. The van der Waals surface area contributed by atoms with E-state index in [1.165, 1.54) is 12.2 Å². The van der Waals surface area contributed by atoms with Gasteiger partial charge in [0.2, 0.25) is 6.19 Å². The fourth-order valence-electron chi connectivity index (χ4n) is 0.676. The van der Waals surface area contributed by atoms with Crippen LogP contribution >= 0.6 is 23.2 Å². The maximum Gasteiger partial charge on any atom is 0.206 e. The van der Waals surface area contributed by atoms with Gasteiger partial charge in [-0.15, -0.1) is 0 Å². The van der Waals surface area contributed by atoms with Crippen molar-refractivity contribution in [1.29, 1.82) is 10.7 Å². The number of nitriles is 1. The molecule has 0 saturated carbocycles. The van der Waals surface area contributed by atoms with Crippen molar-refractivity contribution >= 4 is 34.6 Å². The van der Waals surface area contributed by atoms with Crippen LogP contribution in [0.3, 0.4) is 0 Å². The number of allylic oxidation sites excluding steroid dienone is 4. The Hall–Kier alpha value is -1.11. The minimum absolute atomic E-state index is 0.124. The van der Waals surface area contributed by atoms with Gasteiger partial charge in [-0.3, -0.25) is 5.41 Å². The Bertz CT molecular complexity index is 357. The summed E-state index contributed by atoms with van der Waals surface area (Å²) in [4.78, 5) is 3.41. The number of halogens is 2. The SMILES string of the molecule is N#CN=C1C=C(Cl)C(=N)C=C1Cl. The first-order valence-electron chi connectivity index (χ1n) is 2.95. The lowest BCUT2D eigenvalue weighted by molar-refractivity contribution is 1.43. The first-order valence-corrected chi connectivity index (χ1v) is 3.71. The Kier molecular flexibility index (Phi) is 2.64. The summed E-state index contributed by atoms with van der Waals surface area (Å²) >= 11 is 11.3. The van der Waals surface area contributed by atoms with Crippen LogP contribution in [0.5, 0.6) is 0 Å². The average molecular weight is 200 g/mol. The molecule has 0 radical (unpaired) electrons. The summed E-state index contributed by atoms with van der Waals surface area (Å²) in [6, 6.07) is 0. The molecule has 0 fully saturated rings. The maximum atomic E-state index is 8.24. The fourth-order valence-corrected chi connectivity index (χ4v) is 1.04. The smallest absolute Gasteiger partial charge is 0.206 e. The molecule has 0 spiro atoms. The third-order valence-electron chi connectivity index (χ3n) is 1.21. The molecule has 0 atom stereocenters. The van der Waals surface area contributed by atoms with E-state index in [9.17, 15) is 0 Å². The second kappa shape index (κ2) is 3.53. The van der Waals surface area contributed by atoms with Crippen LogP contribution in [0, 0.1) is 16.9 Å². The molecule has 0 aromatic heterocycles. The predicted molar refractivity (Wildman–Crippen MR) is 48.6 cm³/mol. The monoisotopic (exact) mass is 199 g/mol. The lowest BCUT2D eigenvalue weighted by Crippen LogP contribution is -2.06. The van der Waals surface area contributed by atoms with Crippen molar-refractivity contribution < 1.29 is 0 Å². The zero-order valence-electron chi connectivity index (χ0n) is 5.81. The fraction of sp³-hybridized carbons (Fsp3) is 0. The predicted octanol–water partition coefficient (Wildman–Crippen LogP) is 2.19. The third kappa shape index (κ3) is 1.73. The summed E-state index contributed by atoms with van der Waals surface area (Å²) in [5.74, 6) is 0. The van der Waals surface area contributed by atoms with E-state index in [4.69, 9.17) is 33.9 Å². The summed E-state index contributed by atoms with van der Waals surface area (Å²) < 4.78 is 0. The molecule has 0 saturated heterocycles. The Morgan fingerprint density at radius 2 is 2.00 bits per heavy atom. The molecule has 0 amide bonds. The number of hydrogen-bond acceptors (Lipinski definition) is 3. The lowest BCUT2D eigenvalue weighted by atomic mass is 10.1. The van der Waals surface area contributed by atoms with Gasteiger partial charge in [-0.25, -0.2) is 0 Å². The molecule has 1 rings (SSSR count). The van der Waals surface area contributed by atoms with Gasteiger partial charge in [-0.2, -0.15) is 10.3 Å². The second-order valence-electron chi connectivity index (χ2n) is 2.00. The second-order valence-corrected chi connectivity index (χ2v) is 2.81. The van der Waals surface area contributed by atoms with E-state index >= 15 is 0 Å². The highest BCUT2D eigenvalue weighted by Gasteiger charge is 2.12. The van der Waals surface area contributed by atoms with E-state index in [1.807, 2.05) is 0 Å². The van der Waals surface area contributed by atoms with Crippen LogP contribution in [0.25, 0.3) is 0 Å². The molecule has 0 aromatic rings. The van der Waals surface area contributed by atoms with E-state index in [2.05, 4.69) is 4.99 Å².